The molecule has 0 aliphatic carbocycles. The number of ether oxygens (including phenoxy) is 1. The Hall–Kier alpha value is -3.06. The monoisotopic (exact) mass is 368 g/mol. The van der Waals surface area contributed by atoms with Crippen LogP contribution in [0.1, 0.15) is 6.92 Å². The number of hydrogen-bond donors (Lipinski definition) is 3. The predicted octanol–water partition coefficient (Wildman–Crippen LogP) is 2.53. The van der Waals surface area contributed by atoms with E-state index in [1.54, 1.807) is 12.1 Å². The fourth-order valence-electron chi connectivity index (χ4n) is 2.95. The molecule has 1 aliphatic rings. The van der Waals surface area contributed by atoms with Gasteiger partial charge in [-0.2, -0.15) is 0 Å². The third-order valence-electron chi connectivity index (χ3n) is 4.17. The molecule has 142 valence electrons. The van der Waals surface area contributed by atoms with E-state index in [-0.39, 0.29) is 18.4 Å². The van der Waals surface area contributed by atoms with Crippen LogP contribution in [-0.2, 0) is 14.3 Å². The Morgan fingerprint density at radius 2 is 1.74 bits per heavy atom. The van der Waals surface area contributed by atoms with Crippen molar-refractivity contribution in [1.29, 1.82) is 0 Å². The number of anilines is 4. The highest BCUT2D eigenvalue weighted by atomic mass is 16.5. The summed E-state index contributed by atoms with van der Waals surface area (Å²) in [6.45, 7) is 4.57. The van der Waals surface area contributed by atoms with Gasteiger partial charge in [0.15, 0.2) is 0 Å². The van der Waals surface area contributed by atoms with Crippen LogP contribution in [0.4, 0.5) is 22.7 Å². The van der Waals surface area contributed by atoms with Crippen LogP contribution in [0, 0.1) is 0 Å². The number of para-hydroxylation sites is 2. The molecular formula is C20H24N4O3. The Bertz CT molecular complexity index is 803. The van der Waals surface area contributed by atoms with Crippen molar-refractivity contribution in [3.8, 4) is 0 Å². The zero-order valence-electron chi connectivity index (χ0n) is 15.3. The van der Waals surface area contributed by atoms with Gasteiger partial charge in [-0.1, -0.05) is 18.2 Å². The van der Waals surface area contributed by atoms with Crippen LogP contribution in [-0.4, -0.2) is 44.7 Å². The van der Waals surface area contributed by atoms with Crippen LogP contribution < -0.4 is 20.9 Å². The lowest BCUT2D eigenvalue weighted by Crippen LogP contribution is -2.37. The molecule has 7 heteroatoms. The Morgan fingerprint density at radius 1 is 1.00 bits per heavy atom. The van der Waals surface area contributed by atoms with Gasteiger partial charge in [0.25, 0.3) is 0 Å². The molecule has 0 atom stereocenters. The zero-order valence-corrected chi connectivity index (χ0v) is 15.3. The Kier molecular flexibility index (Phi) is 6.27. The topological polar surface area (TPSA) is 82.7 Å². The van der Waals surface area contributed by atoms with Gasteiger partial charge in [0.05, 0.1) is 31.1 Å². The van der Waals surface area contributed by atoms with Gasteiger partial charge < -0.3 is 25.6 Å². The first-order valence-corrected chi connectivity index (χ1v) is 8.95. The van der Waals surface area contributed by atoms with Crippen LogP contribution in [0.15, 0.2) is 48.5 Å². The molecule has 2 aromatic carbocycles. The summed E-state index contributed by atoms with van der Waals surface area (Å²) in [6, 6.07) is 15.0. The number of rotatable bonds is 6. The molecule has 0 spiro atoms. The van der Waals surface area contributed by atoms with Crippen molar-refractivity contribution in [1.82, 2.24) is 0 Å². The van der Waals surface area contributed by atoms with E-state index in [2.05, 4.69) is 20.9 Å². The number of carbonyl (C=O) groups is 2. The minimum absolute atomic E-state index is 0.126. The van der Waals surface area contributed by atoms with E-state index in [0.717, 1.165) is 30.2 Å². The van der Waals surface area contributed by atoms with Gasteiger partial charge in [0.2, 0.25) is 11.8 Å². The molecule has 2 amide bonds. The van der Waals surface area contributed by atoms with E-state index >= 15 is 0 Å². The summed E-state index contributed by atoms with van der Waals surface area (Å²) >= 11 is 0. The molecule has 1 fully saturated rings. The molecule has 0 unspecified atom stereocenters. The lowest BCUT2D eigenvalue weighted by molar-refractivity contribution is -0.115. The number of amides is 2. The van der Waals surface area contributed by atoms with Gasteiger partial charge in [-0.3, -0.25) is 9.59 Å². The normalized spacial score (nSPS) is 13.7. The second-order valence-electron chi connectivity index (χ2n) is 6.28. The number of nitrogens with zero attached hydrogens (tertiary/aromatic N) is 1. The number of hydrogen-bond acceptors (Lipinski definition) is 5. The van der Waals surface area contributed by atoms with Gasteiger partial charge in [-0.25, -0.2) is 0 Å². The minimum atomic E-state index is -0.138. The predicted molar refractivity (Wildman–Crippen MR) is 107 cm³/mol. The average molecular weight is 368 g/mol. The molecule has 1 saturated heterocycles. The zero-order chi connectivity index (χ0) is 19.1. The first kappa shape index (κ1) is 18.7. The molecule has 0 aromatic heterocycles. The van der Waals surface area contributed by atoms with Crippen molar-refractivity contribution in [2.75, 3.05) is 53.7 Å². The number of morpholine rings is 1. The van der Waals surface area contributed by atoms with Crippen molar-refractivity contribution in [2.45, 2.75) is 6.92 Å². The lowest BCUT2D eigenvalue weighted by Gasteiger charge is -2.30. The highest BCUT2D eigenvalue weighted by Crippen LogP contribution is 2.26. The van der Waals surface area contributed by atoms with Gasteiger partial charge in [0, 0.05) is 31.4 Å². The Labute approximate surface area is 158 Å². The number of carbonyl (C=O) groups excluding carboxylic acids is 2. The van der Waals surface area contributed by atoms with Crippen molar-refractivity contribution < 1.29 is 14.3 Å². The minimum Gasteiger partial charge on any atom is -0.378 e. The van der Waals surface area contributed by atoms with E-state index in [4.69, 9.17) is 4.74 Å². The van der Waals surface area contributed by atoms with Gasteiger partial charge in [-0.15, -0.1) is 0 Å². The molecular weight excluding hydrogens is 344 g/mol. The van der Waals surface area contributed by atoms with E-state index in [1.807, 2.05) is 36.4 Å². The summed E-state index contributed by atoms with van der Waals surface area (Å²) in [4.78, 5) is 25.8. The first-order valence-electron chi connectivity index (χ1n) is 8.95. The van der Waals surface area contributed by atoms with Crippen molar-refractivity contribution >= 4 is 34.6 Å². The SMILES string of the molecule is CC(=O)Nc1cccc(NCC(=O)Nc2ccccc2N2CCOCC2)c1. The Morgan fingerprint density at radius 3 is 2.52 bits per heavy atom. The molecule has 0 saturated carbocycles. The van der Waals surface area contributed by atoms with Crippen molar-refractivity contribution in [3.05, 3.63) is 48.5 Å². The van der Waals surface area contributed by atoms with E-state index in [9.17, 15) is 9.59 Å². The summed E-state index contributed by atoms with van der Waals surface area (Å²) in [5.41, 5.74) is 3.24. The fourth-order valence-corrected chi connectivity index (χ4v) is 2.95. The van der Waals surface area contributed by atoms with E-state index in [0.29, 0.717) is 18.9 Å². The highest BCUT2D eigenvalue weighted by molar-refractivity contribution is 5.97. The molecule has 7 nitrogen and oxygen atoms in total. The summed E-state index contributed by atoms with van der Waals surface area (Å²) in [5, 5.41) is 8.77. The van der Waals surface area contributed by atoms with Crippen LogP contribution in [0.25, 0.3) is 0 Å². The molecule has 3 rings (SSSR count). The molecule has 2 aromatic rings. The second-order valence-corrected chi connectivity index (χ2v) is 6.28. The Balaban J connectivity index is 1.59. The second kappa shape index (κ2) is 9.05. The standard InChI is InChI=1S/C20H24N4O3/c1-15(25)22-17-6-4-5-16(13-17)21-14-20(26)23-18-7-2-3-8-19(18)24-9-11-27-12-10-24/h2-8,13,21H,9-12,14H2,1H3,(H,22,25)(H,23,26). The number of benzene rings is 2. The summed E-state index contributed by atoms with van der Waals surface area (Å²) in [7, 11) is 0. The van der Waals surface area contributed by atoms with Crippen molar-refractivity contribution in [3.63, 3.8) is 0 Å². The van der Waals surface area contributed by atoms with Crippen LogP contribution >= 0.6 is 0 Å². The van der Waals surface area contributed by atoms with Gasteiger partial charge >= 0.3 is 0 Å². The maximum atomic E-state index is 12.4. The largest absolute Gasteiger partial charge is 0.378 e. The lowest BCUT2D eigenvalue weighted by atomic mass is 10.2. The molecule has 27 heavy (non-hydrogen) atoms. The van der Waals surface area contributed by atoms with Gasteiger partial charge in [-0.05, 0) is 30.3 Å². The molecule has 0 radical (unpaired) electrons. The third-order valence-corrected chi connectivity index (χ3v) is 4.17. The summed E-state index contributed by atoms with van der Waals surface area (Å²) in [6.07, 6.45) is 0. The fraction of sp³-hybridized carbons (Fsp3) is 0.300. The molecule has 1 heterocycles. The van der Waals surface area contributed by atoms with Crippen molar-refractivity contribution in [2.24, 2.45) is 0 Å². The average Bonchev–Trinajstić information content (AvgIpc) is 2.67. The summed E-state index contributed by atoms with van der Waals surface area (Å²) < 4.78 is 5.40. The third kappa shape index (κ3) is 5.46. The maximum Gasteiger partial charge on any atom is 0.243 e. The molecule has 3 N–H and O–H groups in total. The molecule has 1 aliphatic heterocycles. The highest BCUT2D eigenvalue weighted by Gasteiger charge is 2.15. The van der Waals surface area contributed by atoms with Crippen LogP contribution in [0.2, 0.25) is 0 Å². The van der Waals surface area contributed by atoms with E-state index < -0.39 is 0 Å². The van der Waals surface area contributed by atoms with Crippen LogP contribution in [0.5, 0.6) is 0 Å². The smallest absolute Gasteiger partial charge is 0.243 e. The quantitative estimate of drug-likeness (QED) is 0.730. The number of nitrogens with one attached hydrogen (secondary N) is 3. The molecule has 0 bridgehead atoms. The first-order chi connectivity index (χ1) is 13.1. The van der Waals surface area contributed by atoms with Crippen LogP contribution in [0.3, 0.4) is 0 Å². The maximum absolute atomic E-state index is 12.4. The summed E-state index contributed by atoms with van der Waals surface area (Å²) in [5.74, 6) is -0.273. The van der Waals surface area contributed by atoms with Gasteiger partial charge in [0.1, 0.15) is 0 Å². The van der Waals surface area contributed by atoms with E-state index in [1.165, 1.54) is 6.92 Å².